The zero-order valence-corrected chi connectivity index (χ0v) is 12.5. The summed E-state index contributed by atoms with van der Waals surface area (Å²) in [5.74, 6) is -1.80. The second kappa shape index (κ2) is 6.90. The molecule has 1 aliphatic rings. The van der Waals surface area contributed by atoms with E-state index in [0.717, 1.165) is 0 Å². The van der Waals surface area contributed by atoms with Gasteiger partial charge in [0, 0.05) is 18.7 Å². The quantitative estimate of drug-likeness (QED) is 0.706. The molecule has 0 bridgehead atoms. The third kappa shape index (κ3) is 5.08. The van der Waals surface area contributed by atoms with Crippen molar-refractivity contribution in [1.29, 1.82) is 0 Å². The van der Waals surface area contributed by atoms with Crippen LogP contribution in [0.5, 0.6) is 0 Å². The lowest BCUT2D eigenvalue weighted by Crippen LogP contribution is -2.58. The van der Waals surface area contributed by atoms with Gasteiger partial charge in [-0.3, -0.25) is 9.59 Å². The molecule has 1 heterocycles. The van der Waals surface area contributed by atoms with Crippen LogP contribution in [0.2, 0.25) is 0 Å². The van der Waals surface area contributed by atoms with Crippen LogP contribution in [0.1, 0.15) is 21.5 Å². The van der Waals surface area contributed by atoms with Crippen LogP contribution in [-0.2, 0) is 17.1 Å². The van der Waals surface area contributed by atoms with Crippen molar-refractivity contribution >= 4 is 11.8 Å². The first kappa shape index (κ1) is 19.0. The van der Waals surface area contributed by atoms with Gasteiger partial charge in [0.1, 0.15) is 0 Å². The Hall–Kier alpha value is -2.30. The SMILES string of the molecule is O=C(CNC(=O)c1cc(C(F)(F)F)cc(C(F)(F)F)c1)NC1CNC1. The first-order valence-electron chi connectivity index (χ1n) is 7.04. The van der Waals surface area contributed by atoms with Crippen LogP contribution >= 0.6 is 0 Å². The van der Waals surface area contributed by atoms with E-state index in [2.05, 4.69) is 10.6 Å². The van der Waals surface area contributed by atoms with Crippen molar-refractivity contribution in [2.24, 2.45) is 0 Å². The van der Waals surface area contributed by atoms with E-state index < -0.39 is 47.4 Å². The smallest absolute Gasteiger partial charge is 0.349 e. The van der Waals surface area contributed by atoms with E-state index in [1.165, 1.54) is 0 Å². The first-order chi connectivity index (χ1) is 11.5. The highest BCUT2D eigenvalue weighted by molar-refractivity contribution is 5.96. The maximum absolute atomic E-state index is 12.7. The maximum atomic E-state index is 12.7. The van der Waals surface area contributed by atoms with Crippen molar-refractivity contribution in [3.63, 3.8) is 0 Å². The molecular weight excluding hydrogens is 356 g/mol. The summed E-state index contributed by atoms with van der Waals surface area (Å²) >= 11 is 0. The molecule has 0 saturated carbocycles. The third-order valence-corrected chi connectivity index (χ3v) is 3.41. The van der Waals surface area contributed by atoms with Gasteiger partial charge < -0.3 is 16.0 Å². The molecule has 0 spiro atoms. The average molecular weight is 369 g/mol. The molecule has 0 aromatic heterocycles. The molecule has 1 aromatic rings. The maximum Gasteiger partial charge on any atom is 0.416 e. The largest absolute Gasteiger partial charge is 0.416 e. The highest BCUT2D eigenvalue weighted by atomic mass is 19.4. The highest BCUT2D eigenvalue weighted by Gasteiger charge is 2.37. The minimum atomic E-state index is -5.05. The van der Waals surface area contributed by atoms with Crippen molar-refractivity contribution in [2.45, 2.75) is 18.4 Å². The normalized spacial score (nSPS) is 15.4. The van der Waals surface area contributed by atoms with E-state index >= 15 is 0 Å². The summed E-state index contributed by atoms with van der Waals surface area (Å²) in [6, 6.07) is 0.416. The molecule has 0 unspecified atom stereocenters. The van der Waals surface area contributed by atoms with E-state index in [1.54, 1.807) is 0 Å². The predicted octanol–water partition coefficient (Wildman–Crippen LogP) is 1.54. The van der Waals surface area contributed by atoms with Crippen LogP contribution in [-0.4, -0.2) is 37.5 Å². The van der Waals surface area contributed by atoms with Crippen LogP contribution in [0, 0.1) is 0 Å². The lowest BCUT2D eigenvalue weighted by molar-refractivity contribution is -0.143. The van der Waals surface area contributed by atoms with Crippen molar-refractivity contribution in [3.8, 4) is 0 Å². The Balaban J connectivity index is 2.13. The Morgan fingerprint density at radius 3 is 1.92 bits per heavy atom. The van der Waals surface area contributed by atoms with Crippen molar-refractivity contribution in [2.75, 3.05) is 19.6 Å². The van der Waals surface area contributed by atoms with E-state index in [1.807, 2.05) is 5.32 Å². The van der Waals surface area contributed by atoms with E-state index in [9.17, 15) is 35.9 Å². The van der Waals surface area contributed by atoms with Gasteiger partial charge in [0.05, 0.1) is 23.7 Å². The number of hydrogen-bond donors (Lipinski definition) is 3. The van der Waals surface area contributed by atoms with E-state index in [4.69, 9.17) is 0 Å². The molecule has 1 aliphatic heterocycles. The lowest BCUT2D eigenvalue weighted by atomic mass is 10.0. The molecule has 3 N–H and O–H groups in total. The lowest BCUT2D eigenvalue weighted by Gasteiger charge is -2.27. The molecule has 5 nitrogen and oxygen atoms in total. The van der Waals surface area contributed by atoms with Crippen LogP contribution in [0.4, 0.5) is 26.3 Å². The number of halogens is 6. The Labute approximate surface area is 137 Å². The van der Waals surface area contributed by atoms with E-state index in [-0.39, 0.29) is 12.1 Å². The van der Waals surface area contributed by atoms with E-state index in [0.29, 0.717) is 25.2 Å². The van der Waals surface area contributed by atoms with Crippen LogP contribution in [0.3, 0.4) is 0 Å². The number of nitrogens with one attached hydrogen (secondary N) is 3. The zero-order valence-electron chi connectivity index (χ0n) is 12.5. The highest BCUT2D eigenvalue weighted by Crippen LogP contribution is 2.36. The van der Waals surface area contributed by atoms with Crippen LogP contribution < -0.4 is 16.0 Å². The second-order valence-electron chi connectivity index (χ2n) is 5.40. The molecule has 1 saturated heterocycles. The number of alkyl halides is 6. The molecule has 11 heteroatoms. The Kier molecular flexibility index (Phi) is 5.26. The Morgan fingerprint density at radius 2 is 1.52 bits per heavy atom. The fourth-order valence-corrected chi connectivity index (χ4v) is 2.02. The molecule has 1 aromatic carbocycles. The number of carbonyl (C=O) groups excluding carboxylic acids is 2. The summed E-state index contributed by atoms with van der Waals surface area (Å²) in [7, 11) is 0. The minimum absolute atomic E-state index is 0.0763. The Morgan fingerprint density at radius 1 is 1.00 bits per heavy atom. The fraction of sp³-hybridized carbons (Fsp3) is 0.429. The van der Waals surface area contributed by atoms with Gasteiger partial charge in [0.15, 0.2) is 0 Å². The second-order valence-corrected chi connectivity index (χ2v) is 5.40. The van der Waals surface area contributed by atoms with Gasteiger partial charge in [-0.15, -0.1) is 0 Å². The molecule has 138 valence electrons. The zero-order chi connectivity index (χ0) is 18.8. The van der Waals surface area contributed by atoms with Gasteiger partial charge in [0.2, 0.25) is 5.91 Å². The van der Waals surface area contributed by atoms with Crippen molar-refractivity contribution < 1.29 is 35.9 Å². The standard InChI is InChI=1S/C14H13F6N3O2/c15-13(16,17)8-1-7(2-9(3-8)14(18,19)20)12(25)22-6-11(24)23-10-4-21-5-10/h1-3,10,21H,4-6H2,(H,22,25)(H,23,24). The molecule has 0 aliphatic carbocycles. The van der Waals surface area contributed by atoms with Gasteiger partial charge in [-0.25, -0.2) is 0 Å². The molecule has 1 fully saturated rings. The average Bonchev–Trinajstić information content (AvgIpc) is 2.46. The number of hydrogen-bond acceptors (Lipinski definition) is 3. The molecule has 0 atom stereocenters. The predicted molar refractivity (Wildman–Crippen MR) is 73.6 cm³/mol. The summed E-state index contributed by atoms with van der Waals surface area (Å²) in [5.41, 5.74) is -4.03. The minimum Gasteiger partial charge on any atom is -0.349 e. The summed E-state index contributed by atoms with van der Waals surface area (Å²) in [6.07, 6.45) is -10.1. The summed E-state index contributed by atoms with van der Waals surface area (Å²) in [6.45, 7) is 0.525. The number of amides is 2. The molecular formula is C14H13F6N3O2. The first-order valence-corrected chi connectivity index (χ1v) is 7.04. The number of rotatable bonds is 4. The molecule has 0 radical (unpaired) electrons. The van der Waals surface area contributed by atoms with Gasteiger partial charge in [-0.05, 0) is 18.2 Å². The van der Waals surface area contributed by atoms with Gasteiger partial charge in [0.25, 0.3) is 5.91 Å². The molecule has 2 amide bonds. The Bertz CT molecular complexity index is 635. The van der Waals surface area contributed by atoms with Gasteiger partial charge in [-0.2, -0.15) is 26.3 Å². The number of benzene rings is 1. The van der Waals surface area contributed by atoms with Crippen LogP contribution in [0.15, 0.2) is 18.2 Å². The van der Waals surface area contributed by atoms with Crippen LogP contribution in [0.25, 0.3) is 0 Å². The van der Waals surface area contributed by atoms with Crippen molar-refractivity contribution in [3.05, 3.63) is 34.9 Å². The summed E-state index contributed by atoms with van der Waals surface area (Å²) < 4.78 is 76.4. The molecule has 2 rings (SSSR count). The monoisotopic (exact) mass is 369 g/mol. The van der Waals surface area contributed by atoms with Gasteiger partial charge >= 0.3 is 12.4 Å². The topological polar surface area (TPSA) is 70.2 Å². The van der Waals surface area contributed by atoms with Crippen molar-refractivity contribution in [1.82, 2.24) is 16.0 Å². The van der Waals surface area contributed by atoms with Gasteiger partial charge in [-0.1, -0.05) is 0 Å². The molecule has 25 heavy (non-hydrogen) atoms. The summed E-state index contributed by atoms with van der Waals surface area (Å²) in [5, 5.41) is 7.40. The summed E-state index contributed by atoms with van der Waals surface area (Å²) in [4.78, 5) is 23.4. The number of carbonyl (C=O) groups is 2. The fourth-order valence-electron chi connectivity index (χ4n) is 2.02. The third-order valence-electron chi connectivity index (χ3n) is 3.41.